The van der Waals surface area contributed by atoms with Crippen LogP contribution < -0.4 is 5.32 Å². The summed E-state index contributed by atoms with van der Waals surface area (Å²) in [6.07, 6.45) is 3.61. The Balaban J connectivity index is 1.88. The second-order valence-electron chi connectivity index (χ2n) is 5.92. The highest BCUT2D eigenvalue weighted by molar-refractivity contribution is 7.11. The van der Waals surface area contributed by atoms with Gasteiger partial charge in [0.15, 0.2) is 10.8 Å². The number of aryl methyl sites for hydroxylation is 1. The normalized spacial score (nSPS) is 17.2. The van der Waals surface area contributed by atoms with Gasteiger partial charge in [-0.15, -0.1) is 11.3 Å². The molecule has 132 valence electrons. The highest BCUT2D eigenvalue weighted by atomic mass is 35.5. The van der Waals surface area contributed by atoms with Gasteiger partial charge in [-0.2, -0.15) is 5.10 Å². The summed E-state index contributed by atoms with van der Waals surface area (Å²) < 4.78 is 15.3. The summed E-state index contributed by atoms with van der Waals surface area (Å²) in [7, 11) is 1.86. The number of benzene rings is 1. The molecular weight excluding hydrogens is 373 g/mol. The van der Waals surface area contributed by atoms with Gasteiger partial charge in [-0.25, -0.2) is 9.37 Å². The van der Waals surface area contributed by atoms with Crippen LogP contribution in [0.2, 0.25) is 5.02 Å². The summed E-state index contributed by atoms with van der Waals surface area (Å²) in [6, 6.07) is 5.90. The molecule has 0 unspecified atom stereocenters. The maximum Gasteiger partial charge on any atom is 0.163 e. The van der Waals surface area contributed by atoms with Gasteiger partial charge in [0.25, 0.3) is 0 Å². The van der Waals surface area contributed by atoms with E-state index in [4.69, 9.17) is 16.6 Å². The quantitative estimate of drug-likeness (QED) is 0.733. The maximum absolute atomic E-state index is 13.5. The Morgan fingerprint density at radius 1 is 1.31 bits per heavy atom. The highest BCUT2D eigenvalue weighted by Gasteiger charge is 2.29. The Labute approximate surface area is 158 Å². The van der Waals surface area contributed by atoms with E-state index in [-0.39, 0.29) is 5.82 Å². The van der Waals surface area contributed by atoms with E-state index in [1.807, 2.05) is 31.6 Å². The maximum atomic E-state index is 13.5. The first kappa shape index (κ1) is 16.9. The molecule has 1 aromatic carbocycles. The molecule has 0 radical (unpaired) electrons. The third kappa shape index (κ3) is 3.04. The van der Waals surface area contributed by atoms with Gasteiger partial charge in [-0.05, 0) is 25.1 Å². The second kappa shape index (κ2) is 6.66. The van der Waals surface area contributed by atoms with Gasteiger partial charge in [0.1, 0.15) is 11.9 Å². The van der Waals surface area contributed by atoms with Crippen molar-refractivity contribution in [2.24, 2.45) is 12.0 Å². The molecule has 1 N–H and O–H groups in total. The van der Waals surface area contributed by atoms with Crippen molar-refractivity contribution in [1.82, 2.24) is 20.1 Å². The fourth-order valence-electron chi connectivity index (χ4n) is 2.96. The van der Waals surface area contributed by atoms with Gasteiger partial charge >= 0.3 is 0 Å². The fourth-order valence-corrected chi connectivity index (χ4v) is 3.82. The van der Waals surface area contributed by atoms with Crippen LogP contribution in [0.5, 0.6) is 0 Å². The predicted molar refractivity (Wildman–Crippen MR) is 102 cm³/mol. The number of hydrogen-bond acceptors (Lipinski definition) is 5. The number of hydrogen-bond donors (Lipinski definition) is 1. The van der Waals surface area contributed by atoms with E-state index in [2.05, 4.69) is 15.4 Å². The summed E-state index contributed by atoms with van der Waals surface area (Å²) >= 11 is 7.85. The van der Waals surface area contributed by atoms with Crippen LogP contribution in [0, 0.1) is 5.82 Å². The molecule has 1 aliphatic heterocycles. The van der Waals surface area contributed by atoms with Crippen molar-refractivity contribution in [3.05, 3.63) is 74.8 Å². The number of rotatable bonds is 3. The molecule has 0 saturated heterocycles. The zero-order chi connectivity index (χ0) is 18.3. The molecule has 3 aromatic rings. The van der Waals surface area contributed by atoms with Crippen LogP contribution in [0.25, 0.3) is 5.57 Å². The lowest BCUT2D eigenvalue weighted by Gasteiger charge is -2.26. The smallest absolute Gasteiger partial charge is 0.163 e. The molecular formula is C18H15ClFN5S. The lowest BCUT2D eigenvalue weighted by molar-refractivity contribution is 0.626. The Morgan fingerprint density at radius 2 is 2.15 bits per heavy atom. The van der Waals surface area contributed by atoms with Crippen molar-refractivity contribution in [3.63, 3.8) is 0 Å². The summed E-state index contributed by atoms with van der Waals surface area (Å²) in [6.45, 7) is 1.97. The van der Waals surface area contributed by atoms with Gasteiger partial charge in [-0.1, -0.05) is 17.7 Å². The van der Waals surface area contributed by atoms with Crippen LogP contribution in [-0.2, 0) is 7.05 Å². The summed E-state index contributed by atoms with van der Waals surface area (Å²) in [4.78, 5) is 9.17. The SMILES string of the molecule is CC1=C(c2ccn(C)n2)[C@H](c2ccc(F)cc2Cl)N=C(c2nccs2)N1. The Hall–Kier alpha value is -2.51. The van der Waals surface area contributed by atoms with Crippen LogP contribution in [0.4, 0.5) is 4.39 Å². The lowest BCUT2D eigenvalue weighted by atomic mass is 9.93. The van der Waals surface area contributed by atoms with Crippen LogP contribution in [0.3, 0.4) is 0 Å². The molecule has 0 saturated carbocycles. The highest BCUT2D eigenvalue weighted by Crippen LogP contribution is 2.40. The Kier molecular flexibility index (Phi) is 4.34. The molecule has 0 amide bonds. The van der Waals surface area contributed by atoms with Gasteiger partial charge in [0.05, 0.1) is 5.69 Å². The number of thiazole rings is 1. The molecule has 0 bridgehead atoms. The Bertz CT molecular complexity index is 1020. The Morgan fingerprint density at radius 3 is 2.81 bits per heavy atom. The molecule has 0 spiro atoms. The first-order valence-corrected chi connectivity index (χ1v) is 9.19. The van der Waals surface area contributed by atoms with E-state index in [1.165, 1.54) is 23.5 Å². The predicted octanol–water partition coefficient (Wildman–Crippen LogP) is 4.19. The number of amidine groups is 1. The molecule has 4 rings (SSSR count). The van der Waals surface area contributed by atoms with E-state index >= 15 is 0 Å². The third-order valence-corrected chi connectivity index (χ3v) is 5.23. The third-order valence-electron chi connectivity index (χ3n) is 4.12. The second-order valence-corrected chi connectivity index (χ2v) is 7.22. The molecule has 5 nitrogen and oxygen atoms in total. The summed E-state index contributed by atoms with van der Waals surface area (Å²) in [5.74, 6) is 0.291. The van der Waals surface area contributed by atoms with E-state index in [0.717, 1.165) is 27.5 Å². The van der Waals surface area contributed by atoms with Crippen molar-refractivity contribution in [1.29, 1.82) is 0 Å². The molecule has 0 fully saturated rings. The molecule has 8 heteroatoms. The van der Waals surface area contributed by atoms with Gasteiger partial charge < -0.3 is 5.32 Å². The van der Waals surface area contributed by atoms with Gasteiger partial charge in [0.2, 0.25) is 0 Å². The van der Waals surface area contributed by atoms with E-state index < -0.39 is 6.04 Å². The lowest BCUT2D eigenvalue weighted by Crippen LogP contribution is -2.29. The molecule has 0 aliphatic carbocycles. The minimum Gasteiger partial charge on any atom is -0.341 e. The largest absolute Gasteiger partial charge is 0.341 e. The van der Waals surface area contributed by atoms with Gasteiger partial charge in [0, 0.05) is 46.7 Å². The number of halogens is 2. The first-order chi connectivity index (χ1) is 12.5. The number of nitrogens with one attached hydrogen (secondary N) is 1. The fraction of sp³-hybridized carbons (Fsp3) is 0.167. The first-order valence-electron chi connectivity index (χ1n) is 7.93. The number of allylic oxidation sites excluding steroid dienone is 1. The van der Waals surface area contributed by atoms with Crippen LogP contribution in [-0.4, -0.2) is 20.6 Å². The summed E-state index contributed by atoms with van der Waals surface area (Å²) in [5.41, 5.74) is 3.34. The number of aliphatic imine (C=N–C) groups is 1. The van der Waals surface area contributed by atoms with Gasteiger partial charge in [-0.3, -0.25) is 9.67 Å². The van der Waals surface area contributed by atoms with Crippen molar-refractivity contribution >= 4 is 34.3 Å². The number of aromatic nitrogens is 3. The molecule has 2 aromatic heterocycles. The minimum absolute atomic E-state index is 0.334. The van der Waals surface area contributed by atoms with Crippen molar-refractivity contribution in [3.8, 4) is 0 Å². The standard InChI is InChI=1S/C18H15ClFN5S/c1-10-15(14-5-7-25(2)24-14)16(12-4-3-11(20)9-13(12)19)23-17(22-10)18-21-6-8-26-18/h3-9,16H,1-2H3,(H,22,23)/t16-/m0/s1. The van der Waals surface area contributed by atoms with Crippen LogP contribution in [0.15, 0.2) is 52.7 Å². The zero-order valence-electron chi connectivity index (χ0n) is 14.1. The van der Waals surface area contributed by atoms with Crippen LogP contribution >= 0.6 is 22.9 Å². The topological polar surface area (TPSA) is 55.1 Å². The average molecular weight is 388 g/mol. The summed E-state index contributed by atoms with van der Waals surface area (Å²) in [5, 5.41) is 10.8. The molecule has 26 heavy (non-hydrogen) atoms. The van der Waals surface area contributed by atoms with Crippen molar-refractivity contribution in [2.75, 3.05) is 0 Å². The minimum atomic E-state index is -0.404. The van der Waals surface area contributed by atoms with E-state index in [1.54, 1.807) is 16.9 Å². The monoisotopic (exact) mass is 387 g/mol. The number of nitrogens with zero attached hydrogens (tertiary/aromatic N) is 4. The van der Waals surface area contributed by atoms with Crippen molar-refractivity contribution in [2.45, 2.75) is 13.0 Å². The van der Waals surface area contributed by atoms with E-state index in [0.29, 0.717) is 10.9 Å². The average Bonchev–Trinajstić information content (AvgIpc) is 3.26. The van der Waals surface area contributed by atoms with Crippen molar-refractivity contribution < 1.29 is 4.39 Å². The molecule has 1 aliphatic rings. The van der Waals surface area contributed by atoms with Crippen LogP contribution in [0.1, 0.15) is 29.2 Å². The zero-order valence-corrected chi connectivity index (χ0v) is 15.6. The molecule has 3 heterocycles. The molecule has 1 atom stereocenters. The van der Waals surface area contributed by atoms with E-state index in [9.17, 15) is 4.39 Å².